The average Bonchev–Trinajstić information content (AvgIpc) is 2.99. The number of anilines is 2. The van der Waals surface area contributed by atoms with E-state index in [-0.39, 0.29) is 27.6 Å². The zero-order valence-electron chi connectivity index (χ0n) is 14.9. The number of hydrogen-bond acceptors (Lipinski definition) is 5. The van der Waals surface area contributed by atoms with Gasteiger partial charge in [-0.15, -0.1) is 4.47 Å². The maximum atomic E-state index is 12.3. The van der Waals surface area contributed by atoms with Crippen LogP contribution in [0, 0.1) is 0 Å². The van der Waals surface area contributed by atoms with E-state index < -0.39 is 10.0 Å². The van der Waals surface area contributed by atoms with Gasteiger partial charge in [-0.25, -0.2) is 17.6 Å². The first-order valence-corrected chi connectivity index (χ1v) is 9.52. The Bertz CT molecular complexity index is 879. The summed E-state index contributed by atoms with van der Waals surface area (Å²) in [7, 11) is -0.649. The summed E-state index contributed by atoms with van der Waals surface area (Å²) in [6.07, 6.45) is 5.88. The second-order valence-corrected chi connectivity index (χ2v) is 7.71. The molecule has 0 saturated carbocycles. The summed E-state index contributed by atoms with van der Waals surface area (Å²) in [5, 5.41) is 12.7. The summed E-state index contributed by atoms with van der Waals surface area (Å²) in [6, 6.07) is 4.19. The molecule has 1 aromatic heterocycles. The number of imidazole rings is 1. The van der Waals surface area contributed by atoms with E-state index in [0.717, 1.165) is 0 Å². The van der Waals surface area contributed by atoms with Crippen LogP contribution in [0.1, 0.15) is 13.3 Å². The normalized spacial score (nSPS) is 11.2. The minimum absolute atomic E-state index is 0.0308. The number of hydrogen-bond donors (Lipinski definition) is 2. The largest absolute Gasteiger partial charge is 0.494 e. The molecule has 0 aliphatic heterocycles. The second-order valence-electron chi connectivity index (χ2n) is 5.80. The zero-order chi connectivity index (χ0) is 19.3. The molecule has 0 radical (unpaired) electrons. The molecule has 0 unspecified atom stereocenters. The molecule has 1 amide bonds. The van der Waals surface area contributed by atoms with E-state index in [4.69, 9.17) is 4.74 Å². The Balaban J connectivity index is 2.07. The summed E-state index contributed by atoms with van der Waals surface area (Å²) in [4.78, 5) is 11.2. The van der Waals surface area contributed by atoms with Crippen molar-refractivity contribution in [3.05, 3.63) is 36.9 Å². The summed E-state index contributed by atoms with van der Waals surface area (Å²) in [5.74, 6) is -0.268. The van der Waals surface area contributed by atoms with E-state index in [1.165, 1.54) is 32.2 Å². The molecule has 26 heavy (non-hydrogen) atoms. The number of amides is 1. The van der Waals surface area contributed by atoms with Crippen molar-refractivity contribution in [3.8, 4) is 5.75 Å². The topological polar surface area (TPSA) is 105 Å². The van der Waals surface area contributed by atoms with E-state index in [2.05, 4.69) is 5.32 Å². The standard InChI is InChI=1S/C16H22N4O5S/c1-13(21)17-15-6-5-14(11-16(15)25-3)20(22)26(23,24)10-4-7-19-9-8-18(2)12-19/h5-6,8-9,11-12,22H,4,7,10H2,1-3H3/p+1. The average molecular weight is 383 g/mol. The third-order valence-corrected chi connectivity index (χ3v) is 5.16. The number of aryl methyl sites for hydroxylation is 2. The minimum atomic E-state index is -3.91. The highest BCUT2D eigenvalue weighted by molar-refractivity contribution is 7.92. The molecule has 9 nitrogen and oxygen atoms in total. The molecular weight excluding hydrogens is 360 g/mol. The highest BCUT2D eigenvalue weighted by Crippen LogP contribution is 2.30. The number of benzene rings is 1. The number of nitrogens with zero attached hydrogens (tertiary/aromatic N) is 3. The number of sulfonamides is 1. The Morgan fingerprint density at radius 3 is 2.73 bits per heavy atom. The van der Waals surface area contributed by atoms with Gasteiger partial charge in [-0.05, 0) is 12.1 Å². The Morgan fingerprint density at radius 2 is 2.15 bits per heavy atom. The van der Waals surface area contributed by atoms with Gasteiger partial charge in [0.05, 0.1) is 37.8 Å². The molecule has 0 aliphatic carbocycles. The molecule has 2 aromatic rings. The van der Waals surface area contributed by atoms with E-state index in [1.54, 1.807) is 0 Å². The van der Waals surface area contributed by atoms with Crippen LogP contribution in [-0.4, -0.2) is 37.0 Å². The lowest BCUT2D eigenvalue weighted by molar-refractivity contribution is -0.671. The fourth-order valence-corrected chi connectivity index (χ4v) is 3.50. The van der Waals surface area contributed by atoms with Crippen molar-refractivity contribution in [2.24, 2.45) is 7.05 Å². The second kappa shape index (κ2) is 8.19. The van der Waals surface area contributed by atoms with Crippen molar-refractivity contribution in [2.75, 3.05) is 22.6 Å². The number of rotatable bonds is 8. The molecule has 0 fully saturated rings. The van der Waals surface area contributed by atoms with Gasteiger partial charge >= 0.3 is 0 Å². The van der Waals surface area contributed by atoms with Crippen LogP contribution >= 0.6 is 0 Å². The van der Waals surface area contributed by atoms with Gasteiger partial charge in [0, 0.05) is 19.4 Å². The number of methoxy groups -OCH3 is 1. The predicted octanol–water partition coefficient (Wildman–Crippen LogP) is 0.895. The van der Waals surface area contributed by atoms with Gasteiger partial charge in [0.1, 0.15) is 18.1 Å². The monoisotopic (exact) mass is 383 g/mol. The molecule has 0 saturated heterocycles. The van der Waals surface area contributed by atoms with Crippen LogP contribution in [0.5, 0.6) is 5.75 Å². The van der Waals surface area contributed by atoms with Crippen LogP contribution in [-0.2, 0) is 28.4 Å². The number of aromatic nitrogens is 2. The number of ether oxygens (including phenoxy) is 1. The van der Waals surface area contributed by atoms with Gasteiger partial charge in [-0.3, -0.25) is 10.0 Å². The lowest BCUT2D eigenvalue weighted by Gasteiger charge is -2.18. The molecule has 10 heteroatoms. The highest BCUT2D eigenvalue weighted by atomic mass is 32.2. The van der Waals surface area contributed by atoms with Crippen LogP contribution in [0.4, 0.5) is 11.4 Å². The first-order valence-electron chi connectivity index (χ1n) is 7.91. The summed E-state index contributed by atoms with van der Waals surface area (Å²) in [6.45, 7) is 1.86. The lowest BCUT2D eigenvalue weighted by Crippen LogP contribution is -2.30. The minimum Gasteiger partial charge on any atom is -0.494 e. The summed E-state index contributed by atoms with van der Waals surface area (Å²) >= 11 is 0. The molecule has 2 N–H and O–H groups in total. The van der Waals surface area contributed by atoms with E-state index in [9.17, 15) is 18.4 Å². The first kappa shape index (κ1) is 19.7. The van der Waals surface area contributed by atoms with Crippen LogP contribution in [0.15, 0.2) is 36.9 Å². The molecule has 0 spiro atoms. The fraction of sp³-hybridized carbons (Fsp3) is 0.375. The zero-order valence-corrected chi connectivity index (χ0v) is 15.7. The van der Waals surface area contributed by atoms with Crippen molar-refractivity contribution < 1.29 is 27.7 Å². The van der Waals surface area contributed by atoms with Crippen molar-refractivity contribution in [1.82, 2.24) is 4.57 Å². The molecule has 1 aromatic carbocycles. The van der Waals surface area contributed by atoms with E-state index >= 15 is 0 Å². The lowest BCUT2D eigenvalue weighted by atomic mass is 10.2. The van der Waals surface area contributed by atoms with Crippen LogP contribution in [0.25, 0.3) is 0 Å². The SMILES string of the molecule is COc1cc(N(O)S(=O)(=O)CCCn2cc[n+](C)c2)ccc1NC(C)=O. The van der Waals surface area contributed by atoms with Gasteiger partial charge in [0.25, 0.3) is 10.0 Å². The van der Waals surface area contributed by atoms with Crippen molar-refractivity contribution in [2.45, 2.75) is 19.9 Å². The van der Waals surface area contributed by atoms with Crippen LogP contribution in [0.3, 0.4) is 0 Å². The van der Waals surface area contributed by atoms with Gasteiger partial charge in [-0.2, -0.15) is 0 Å². The quantitative estimate of drug-likeness (QED) is 0.520. The van der Waals surface area contributed by atoms with E-state index in [0.29, 0.717) is 18.7 Å². The maximum absolute atomic E-state index is 12.3. The molecule has 1 heterocycles. The van der Waals surface area contributed by atoms with E-state index in [1.807, 2.05) is 34.9 Å². The predicted molar refractivity (Wildman–Crippen MR) is 95.6 cm³/mol. The fourth-order valence-electron chi connectivity index (χ4n) is 2.40. The van der Waals surface area contributed by atoms with Crippen molar-refractivity contribution in [1.29, 1.82) is 0 Å². The third-order valence-electron chi connectivity index (χ3n) is 3.62. The molecule has 142 valence electrons. The smallest absolute Gasteiger partial charge is 0.257 e. The summed E-state index contributed by atoms with van der Waals surface area (Å²) in [5.41, 5.74) is 0.415. The Labute approximate surface area is 152 Å². The van der Waals surface area contributed by atoms with Gasteiger partial charge < -0.3 is 10.1 Å². The Hall–Kier alpha value is -2.59. The molecule has 2 rings (SSSR count). The Kier molecular flexibility index (Phi) is 6.22. The first-order chi connectivity index (χ1) is 12.2. The highest BCUT2D eigenvalue weighted by Gasteiger charge is 2.22. The Morgan fingerprint density at radius 1 is 1.42 bits per heavy atom. The third kappa shape index (κ3) is 4.96. The maximum Gasteiger partial charge on any atom is 0.257 e. The van der Waals surface area contributed by atoms with Crippen molar-refractivity contribution in [3.63, 3.8) is 0 Å². The molecule has 0 bridgehead atoms. The number of carbonyl (C=O) groups excluding carboxylic acids is 1. The van der Waals surface area contributed by atoms with Gasteiger partial charge in [0.2, 0.25) is 12.2 Å². The van der Waals surface area contributed by atoms with Gasteiger partial charge in [-0.1, -0.05) is 0 Å². The van der Waals surface area contributed by atoms with Crippen LogP contribution in [0.2, 0.25) is 0 Å². The summed E-state index contributed by atoms with van der Waals surface area (Å²) < 4.78 is 33.8. The molecular formula is C16H23N4O5S+. The number of carbonyl (C=O) groups is 1. The van der Waals surface area contributed by atoms with Crippen LogP contribution < -0.4 is 19.1 Å². The molecule has 0 aliphatic rings. The van der Waals surface area contributed by atoms with Gasteiger partial charge in [0.15, 0.2) is 0 Å². The number of nitrogens with one attached hydrogen (secondary N) is 1. The van der Waals surface area contributed by atoms with Crippen molar-refractivity contribution >= 4 is 27.3 Å². The molecule has 0 atom stereocenters.